The van der Waals surface area contributed by atoms with Crippen LogP contribution in [0.15, 0.2) is 28.7 Å². The van der Waals surface area contributed by atoms with Gasteiger partial charge in [-0.25, -0.2) is 0 Å². The highest BCUT2D eigenvalue weighted by molar-refractivity contribution is 5.79. The van der Waals surface area contributed by atoms with Crippen molar-refractivity contribution in [1.82, 2.24) is 5.32 Å². The number of piperidine rings is 1. The number of benzene rings is 1. The molecule has 1 aromatic carbocycles. The zero-order chi connectivity index (χ0) is 15.8. The second-order valence-corrected chi connectivity index (χ2v) is 7.01. The average molecular weight is 313 g/mol. The summed E-state index contributed by atoms with van der Waals surface area (Å²) in [6.45, 7) is 2.10. The number of rotatable bonds is 5. The molecule has 1 aliphatic carbocycles. The molecular formula is C19H23NO3. The Labute approximate surface area is 135 Å². The fraction of sp³-hybridized carbons (Fsp3) is 0.526. The minimum atomic E-state index is -0.711. The van der Waals surface area contributed by atoms with Crippen LogP contribution in [0.1, 0.15) is 55.3 Å². The van der Waals surface area contributed by atoms with Crippen molar-refractivity contribution in [3.8, 4) is 0 Å². The normalized spacial score (nSPS) is 20.7. The minimum absolute atomic E-state index is 0.129. The molecule has 4 nitrogen and oxygen atoms in total. The van der Waals surface area contributed by atoms with Crippen LogP contribution in [0.5, 0.6) is 0 Å². The molecule has 1 saturated heterocycles. The summed E-state index contributed by atoms with van der Waals surface area (Å²) in [5.74, 6) is 1.54. The maximum Gasteiger partial charge on any atom is 0.303 e. The first-order valence-electron chi connectivity index (χ1n) is 8.66. The van der Waals surface area contributed by atoms with E-state index >= 15 is 0 Å². The molecule has 4 heteroatoms. The van der Waals surface area contributed by atoms with Crippen LogP contribution in [0.25, 0.3) is 11.0 Å². The highest BCUT2D eigenvalue weighted by Gasteiger charge is 2.34. The maximum atomic E-state index is 11.2. The molecular weight excluding hydrogens is 290 g/mol. The number of hydrogen-bond donors (Lipinski definition) is 2. The van der Waals surface area contributed by atoms with E-state index in [9.17, 15) is 9.90 Å². The number of carboxylic acids is 1. The lowest BCUT2D eigenvalue weighted by Crippen LogP contribution is -2.26. The van der Waals surface area contributed by atoms with E-state index in [1.54, 1.807) is 0 Å². The zero-order valence-corrected chi connectivity index (χ0v) is 13.3. The molecule has 0 amide bonds. The first-order chi connectivity index (χ1) is 11.2. The largest absolute Gasteiger partial charge is 0.481 e. The van der Waals surface area contributed by atoms with Gasteiger partial charge in [-0.15, -0.1) is 0 Å². The second kappa shape index (κ2) is 6.00. The van der Waals surface area contributed by atoms with Crippen LogP contribution in [0, 0.1) is 5.92 Å². The summed E-state index contributed by atoms with van der Waals surface area (Å²) in [5, 5.41) is 13.7. The third-order valence-electron chi connectivity index (χ3n) is 5.32. The number of carbonyl (C=O) groups is 1. The van der Waals surface area contributed by atoms with E-state index in [-0.39, 0.29) is 12.3 Å². The highest BCUT2D eigenvalue weighted by atomic mass is 16.4. The van der Waals surface area contributed by atoms with Crippen molar-refractivity contribution in [2.75, 3.05) is 13.1 Å². The first kappa shape index (κ1) is 14.8. The van der Waals surface area contributed by atoms with Gasteiger partial charge in [0.05, 0.1) is 6.42 Å². The van der Waals surface area contributed by atoms with Gasteiger partial charge < -0.3 is 14.8 Å². The van der Waals surface area contributed by atoms with Crippen LogP contribution >= 0.6 is 0 Å². The Kier molecular flexibility index (Phi) is 3.85. The van der Waals surface area contributed by atoms with E-state index < -0.39 is 5.97 Å². The Balaban J connectivity index is 1.62. The summed E-state index contributed by atoms with van der Waals surface area (Å²) in [6.07, 6.45) is 4.76. The van der Waals surface area contributed by atoms with Gasteiger partial charge in [0.1, 0.15) is 11.3 Å². The average Bonchev–Trinajstić information content (AvgIpc) is 3.31. The SMILES string of the molecule is O=C(O)C[C@H](c1ccc2cc(C3CCNCC3)oc2c1)C1CC1. The number of furan rings is 1. The topological polar surface area (TPSA) is 62.5 Å². The summed E-state index contributed by atoms with van der Waals surface area (Å²) in [7, 11) is 0. The van der Waals surface area contributed by atoms with Gasteiger partial charge in [-0.2, -0.15) is 0 Å². The Bertz CT molecular complexity index is 710. The van der Waals surface area contributed by atoms with Crippen LogP contribution in [-0.4, -0.2) is 24.2 Å². The number of carboxylic acid groups (broad SMARTS) is 1. The van der Waals surface area contributed by atoms with Crippen LogP contribution in [-0.2, 0) is 4.79 Å². The Hall–Kier alpha value is -1.81. The number of hydrogen-bond acceptors (Lipinski definition) is 3. The van der Waals surface area contributed by atoms with Gasteiger partial charge in [0, 0.05) is 11.3 Å². The first-order valence-corrected chi connectivity index (χ1v) is 8.66. The van der Waals surface area contributed by atoms with Crippen LogP contribution < -0.4 is 5.32 Å². The number of fused-ring (bicyclic) bond motifs is 1. The Morgan fingerprint density at radius 1 is 1.22 bits per heavy atom. The zero-order valence-electron chi connectivity index (χ0n) is 13.3. The van der Waals surface area contributed by atoms with E-state index in [1.165, 1.54) is 0 Å². The van der Waals surface area contributed by atoms with Gasteiger partial charge in [-0.3, -0.25) is 4.79 Å². The predicted octanol–water partition coefficient (Wildman–Crippen LogP) is 3.87. The van der Waals surface area contributed by atoms with E-state index in [0.717, 1.165) is 61.1 Å². The minimum Gasteiger partial charge on any atom is -0.481 e. The second-order valence-electron chi connectivity index (χ2n) is 7.01. The molecule has 2 aromatic rings. The molecule has 2 aliphatic rings. The molecule has 23 heavy (non-hydrogen) atoms. The Morgan fingerprint density at radius 3 is 2.70 bits per heavy atom. The van der Waals surface area contributed by atoms with E-state index in [1.807, 2.05) is 0 Å². The summed E-state index contributed by atoms with van der Waals surface area (Å²) < 4.78 is 6.13. The fourth-order valence-electron chi connectivity index (χ4n) is 3.85. The van der Waals surface area contributed by atoms with Crippen LogP contribution in [0.2, 0.25) is 0 Å². The number of nitrogens with one attached hydrogen (secondary N) is 1. The molecule has 1 aliphatic heterocycles. The van der Waals surface area contributed by atoms with Crippen molar-refractivity contribution in [1.29, 1.82) is 0 Å². The van der Waals surface area contributed by atoms with Crippen molar-refractivity contribution in [2.24, 2.45) is 5.92 Å². The van der Waals surface area contributed by atoms with E-state index in [0.29, 0.717) is 11.8 Å². The molecule has 0 unspecified atom stereocenters. The number of aliphatic carboxylic acids is 1. The summed E-state index contributed by atoms with van der Waals surface area (Å²) in [5.41, 5.74) is 2.03. The molecule has 0 radical (unpaired) electrons. The standard InChI is InChI=1S/C19H23NO3/c21-19(22)11-16(12-1-2-12)14-3-4-15-10-17(23-18(15)9-14)13-5-7-20-8-6-13/h3-4,9-10,12-13,16,20H,1-2,5-8,11H2,(H,21,22)/t16-/m0/s1. The smallest absolute Gasteiger partial charge is 0.303 e. The summed E-state index contributed by atoms with van der Waals surface area (Å²) in [4.78, 5) is 11.2. The molecule has 4 rings (SSSR count). The lowest BCUT2D eigenvalue weighted by Gasteiger charge is -2.20. The van der Waals surface area contributed by atoms with Gasteiger partial charge in [-0.05, 0) is 68.3 Å². The van der Waals surface area contributed by atoms with Crippen molar-refractivity contribution in [3.63, 3.8) is 0 Å². The molecule has 122 valence electrons. The lowest BCUT2D eigenvalue weighted by atomic mass is 9.90. The van der Waals surface area contributed by atoms with Crippen molar-refractivity contribution >= 4 is 16.9 Å². The highest BCUT2D eigenvalue weighted by Crippen LogP contribution is 2.45. The quantitative estimate of drug-likeness (QED) is 0.879. The summed E-state index contributed by atoms with van der Waals surface area (Å²) in [6, 6.07) is 8.43. The van der Waals surface area contributed by atoms with Gasteiger partial charge in [0.25, 0.3) is 0 Å². The molecule has 1 atom stereocenters. The van der Waals surface area contributed by atoms with Gasteiger partial charge in [0.2, 0.25) is 0 Å². The molecule has 1 saturated carbocycles. The monoisotopic (exact) mass is 313 g/mol. The van der Waals surface area contributed by atoms with Crippen molar-refractivity contribution < 1.29 is 14.3 Å². The third-order valence-corrected chi connectivity index (χ3v) is 5.32. The van der Waals surface area contributed by atoms with E-state index in [2.05, 4.69) is 29.6 Å². The van der Waals surface area contributed by atoms with Gasteiger partial charge >= 0.3 is 5.97 Å². The Morgan fingerprint density at radius 2 is 2.00 bits per heavy atom. The molecule has 0 spiro atoms. The lowest BCUT2D eigenvalue weighted by molar-refractivity contribution is -0.137. The van der Waals surface area contributed by atoms with Gasteiger partial charge in [0.15, 0.2) is 0 Å². The van der Waals surface area contributed by atoms with Crippen molar-refractivity contribution in [3.05, 3.63) is 35.6 Å². The summed E-state index contributed by atoms with van der Waals surface area (Å²) >= 11 is 0. The maximum absolute atomic E-state index is 11.2. The van der Waals surface area contributed by atoms with Crippen LogP contribution in [0.3, 0.4) is 0 Å². The third kappa shape index (κ3) is 3.13. The predicted molar refractivity (Wildman–Crippen MR) is 88.8 cm³/mol. The molecule has 2 heterocycles. The van der Waals surface area contributed by atoms with Gasteiger partial charge in [-0.1, -0.05) is 12.1 Å². The fourth-order valence-corrected chi connectivity index (χ4v) is 3.85. The molecule has 2 fully saturated rings. The van der Waals surface area contributed by atoms with Crippen LogP contribution in [0.4, 0.5) is 0 Å². The molecule has 2 N–H and O–H groups in total. The van der Waals surface area contributed by atoms with E-state index in [4.69, 9.17) is 4.42 Å². The van der Waals surface area contributed by atoms with Crippen molar-refractivity contribution in [2.45, 2.75) is 43.9 Å². The molecule has 1 aromatic heterocycles. The molecule has 0 bridgehead atoms.